The predicted octanol–water partition coefficient (Wildman–Crippen LogP) is 6.97. The van der Waals surface area contributed by atoms with Crippen LogP contribution in [0.3, 0.4) is 0 Å². The molecule has 0 atom stereocenters. The molecule has 0 saturated carbocycles. The van der Waals surface area contributed by atoms with Crippen molar-refractivity contribution < 1.29 is 9.90 Å². The quantitative estimate of drug-likeness (QED) is 0.418. The molecule has 0 fully saturated rings. The van der Waals surface area contributed by atoms with Gasteiger partial charge < -0.3 is 5.11 Å². The average molecular weight is 472 g/mol. The van der Waals surface area contributed by atoms with Crippen molar-refractivity contribution in [2.24, 2.45) is 0 Å². The summed E-state index contributed by atoms with van der Waals surface area (Å²) in [6, 6.07) is 13.8. The van der Waals surface area contributed by atoms with Crippen molar-refractivity contribution in [3.05, 3.63) is 74.9 Å². The zero-order valence-electron chi connectivity index (χ0n) is 13.1. The molecule has 3 nitrogen and oxygen atoms in total. The summed E-state index contributed by atoms with van der Waals surface area (Å²) in [4.78, 5) is 16.3. The minimum atomic E-state index is -1.05. The SMILES string of the molecule is O=C(O)c1cc(-c2ccc(Cl)cc2Cl)c(-c2ccc(Cl)cc2)nc1CBr. The van der Waals surface area contributed by atoms with Gasteiger partial charge in [0.15, 0.2) is 0 Å². The van der Waals surface area contributed by atoms with Crippen LogP contribution in [-0.4, -0.2) is 16.1 Å². The van der Waals surface area contributed by atoms with E-state index in [0.717, 1.165) is 5.56 Å². The van der Waals surface area contributed by atoms with E-state index in [4.69, 9.17) is 34.8 Å². The highest BCUT2D eigenvalue weighted by atomic mass is 79.9. The van der Waals surface area contributed by atoms with Crippen LogP contribution in [0.4, 0.5) is 0 Å². The number of nitrogens with zero attached hydrogens (tertiary/aromatic N) is 1. The van der Waals surface area contributed by atoms with Gasteiger partial charge in [-0.15, -0.1) is 0 Å². The van der Waals surface area contributed by atoms with Crippen molar-refractivity contribution in [3.8, 4) is 22.4 Å². The lowest BCUT2D eigenvalue weighted by molar-refractivity contribution is 0.0695. The van der Waals surface area contributed by atoms with Crippen LogP contribution in [0.25, 0.3) is 22.4 Å². The number of carbonyl (C=O) groups is 1. The molecule has 1 heterocycles. The van der Waals surface area contributed by atoms with Gasteiger partial charge in [-0.3, -0.25) is 4.98 Å². The third-order valence-electron chi connectivity index (χ3n) is 3.80. The Morgan fingerprint density at radius 2 is 1.62 bits per heavy atom. The zero-order valence-corrected chi connectivity index (χ0v) is 17.0. The second kappa shape index (κ2) is 7.97. The normalized spacial score (nSPS) is 10.8. The molecular weight excluding hydrogens is 460 g/mol. The molecule has 7 heteroatoms. The number of pyridine rings is 1. The lowest BCUT2D eigenvalue weighted by atomic mass is 9.96. The number of carboxylic acid groups (broad SMARTS) is 1. The minimum absolute atomic E-state index is 0.112. The maximum absolute atomic E-state index is 11.7. The van der Waals surface area contributed by atoms with Crippen molar-refractivity contribution in [2.45, 2.75) is 5.33 Å². The molecule has 0 aliphatic rings. The highest BCUT2D eigenvalue weighted by Crippen LogP contribution is 2.38. The molecule has 3 rings (SSSR count). The molecule has 0 spiro atoms. The molecule has 1 N–H and O–H groups in total. The van der Waals surface area contributed by atoms with Crippen LogP contribution < -0.4 is 0 Å². The van der Waals surface area contributed by atoms with Gasteiger partial charge in [-0.1, -0.05) is 68.9 Å². The van der Waals surface area contributed by atoms with Crippen molar-refractivity contribution in [1.82, 2.24) is 4.98 Å². The van der Waals surface area contributed by atoms with Crippen LogP contribution in [0.15, 0.2) is 48.5 Å². The molecular formula is C19H11BrCl3NO2. The van der Waals surface area contributed by atoms with Gasteiger partial charge in [0.1, 0.15) is 0 Å². The van der Waals surface area contributed by atoms with E-state index >= 15 is 0 Å². The fraction of sp³-hybridized carbons (Fsp3) is 0.0526. The van der Waals surface area contributed by atoms with Gasteiger partial charge in [0.2, 0.25) is 0 Å². The monoisotopic (exact) mass is 469 g/mol. The Labute approximate surface area is 173 Å². The first-order valence-electron chi connectivity index (χ1n) is 7.45. The largest absolute Gasteiger partial charge is 0.478 e. The van der Waals surface area contributed by atoms with Gasteiger partial charge in [-0.05, 0) is 30.3 Å². The second-order valence-electron chi connectivity index (χ2n) is 5.45. The van der Waals surface area contributed by atoms with E-state index in [1.807, 2.05) is 12.1 Å². The number of hydrogen-bond acceptors (Lipinski definition) is 2. The van der Waals surface area contributed by atoms with E-state index < -0.39 is 5.97 Å². The maximum Gasteiger partial charge on any atom is 0.337 e. The van der Waals surface area contributed by atoms with Crippen LogP contribution in [-0.2, 0) is 5.33 Å². The van der Waals surface area contributed by atoms with Gasteiger partial charge in [0, 0.05) is 37.1 Å². The molecule has 0 saturated heterocycles. The van der Waals surface area contributed by atoms with Gasteiger partial charge in [-0.25, -0.2) is 4.79 Å². The Bertz CT molecular complexity index is 991. The maximum atomic E-state index is 11.7. The third-order valence-corrected chi connectivity index (χ3v) is 5.13. The molecule has 0 amide bonds. The minimum Gasteiger partial charge on any atom is -0.478 e. The van der Waals surface area contributed by atoms with Gasteiger partial charge >= 0.3 is 5.97 Å². The molecule has 0 radical (unpaired) electrons. The Balaban J connectivity index is 2.33. The Morgan fingerprint density at radius 1 is 0.962 bits per heavy atom. The summed E-state index contributed by atoms with van der Waals surface area (Å²) in [5, 5.41) is 11.4. The van der Waals surface area contributed by atoms with Crippen LogP contribution in [0.2, 0.25) is 15.1 Å². The first-order valence-corrected chi connectivity index (χ1v) is 9.70. The Morgan fingerprint density at radius 3 is 2.19 bits per heavy atom. The van der Waals surface area contributed by atoms with Crippen LogP contribution in [0.5, 0.6) is 0 Å². The Hall–Kier alpha value is -1.59. The van der Waals surface area contributed by atoms with E-state index in [2.05, 4.69) is 20.9 Å². The van der Waals surface area contributed by atoms with Gasteiger partial charge in [0.25, 0.3) is 0 Å². The third kappa shape index (κ3) is 3.89. The summed E-state index contributed by atoms with van der Waals surface area (Å²) >= 11 is 21.6. The van der Waals surface area contributed by atoms with Crippen molar-refractivity contribution in [2.75, 3.05) is 0 Å². The van der Waals surface area contributed by atoms with Gasteiger partial charge in [-0.2, -0.15) is 0 Å². The molecule has 0 aliphatic carbocycles. The number of carboxylic acids is 1. The molecule has 26 heavy (non-hydrogen) atoms. The van der Waals surface area contributed by atoms with E-state index in [9.17, 15) is 9.90 Å². The number of alkyl halides is 1. The number of aromatic nitrogens is 1. The molecule has 3 aromatic rings. The molecule has 1 aromatic heterocycles. The van der Waals surface area contributed by atoms with Crippen molar-refractivity contribution in [3.63, 3.8) is 0 Å². The number of rotatable bonds is 4. The fourth-order valence-electron chi connectivity index (χ4n) is 2.58. The van der Waals surface area contributed by atoms with Crippen molar-refractivity contribution in [1.29, 1.82) is 0 Å². The number of aromatic carboxylic acids is 1. The molecule has 0 unspecified atom stereocenters. The predicted molar refractivity (Wildman–Crippen MR) is 110 cm³/mol. The van der Waals surface area contributed by atoms with Crippen LogP contribution in [0, 0.1) is 0 Å². The van der Waals surface area contributed by atoms with Gasteiger partial charge in [0.05, 0.1) is 17.0 Å². The van der Waals surface area contributed by atoms with E-state index in [0.29, 0.717) is 42.9 Å². The molecule has 0 bridgehead atoms. The lowest BCUT2D eigenvalue weighted by Gasteiger charge is -2.15. The standard InChI is InChI=1S/C19H11BrCl3NO2/c20-9-17-15(19(25)26)8-14(13-6-5-12(22)7-16(13)23)18(24-17)10-1-3-11(21)4-2-10/h1-8H,9H2,(H,25,26). The summed E-state index contributed by atoms with van der Waals surface area (Å²) in [5.41, 5.74) is 3.21. The van der Waals surface area contributed by atoms with Crippen molar-refractivity contribution >= 4 is 56.7 Å². The first-order chi connectivity index (χ1) is 12.4. The Kier molecular flexibility index (Phi) is 5.88. The van der Waals surface area contributed by atoms with Crippen LogP contribution in [0.1, 0.15) is 16.1 Å². The average Bonchev–Trinajstić information content (AvgIpc) is 2.61. The smallest absolute Gasteiger partial charge is 0.337 e. The lowest BCUT2D eigenvalue weighted by Crippen LogP contribution is -2.06. The number of halogens is 4. The second-order valence-corrected chi connectivity index (χ2v) is 7.29. The molecule has 132 valence electrons. The number of benzene rings is 2. The van der Waals surface area contributed by atoms with E-state index in [-0.39, 0.29) is 5.56 Å². The topological polar surface area (TPSA) is 50.2 Å². The summed E-state index contributed by atoms with van der Waals surface area (Å²) in [6.45, 7) is 0. The fourth-order valence-corrected chi connectivity index (χ4v) is 3.64. The van der Waals surface area contributed by atoms with E-state index in [1.165, 1.54) is 0 Å². The molecule has 0 aliphatic heterocycles. The zero-order chi connectivity index (χ0) is 18.8. The molecule has 2 aromatic carbocycles. The number of hydrogen-bond donors (Lipinski definition) is 1. The summed E-state index contributed by atoms with van der Waals surface area (Å²) < 4.78 is 0. The first kappa shape index (κ1) is 19.2. The summed E-state index contributed by atoms with van der Waals surface area (Å²) in [6.07, 6.45) is 0. The van der Waals surface area contributed by atoms with E-state index in [1.54, 1.807) is 36.4 Å². The summed E-state index contributed by atoms with van der Waals surface area (Å²) in [7, 11) is 0. The summed E-state index contributed by atoms with van der Waals surface area (Å²) in [5.74, 6) is -1.05. The van der Waals surface area contributed by atoms with Crippen LogP contribution >= 0.6 is 50.7 Å². The highest BCUT2D eigenvalue weighted by molar-refractivity contribution is 9.08. The highest BCUT2D eigenvalue weighted by Gasteiger charge is 2.19.